The summed E-state index contributed by atoms with van der Waals surface area (Å²) in [4.78, 5) is 26.8. The number of halogens is 3. The predicted molar refractivity (Wildman–Crippen MR) is 145 cm³/mol. The van der Waals surface area contributed by atoms with E-state index in [2.05, 4.69) is 37.7 Å². The fourth-order valence-electron chi connectivity index (χ4n) is 4.31. The van der Waals surface area contributed by atoms with E-state index in [9.17, 15) is 9.18 Å². The first-order valence-electron chi connectivity index (χ1n) is 11.5. The Balaban J connectivity index is 0.00000180. The highest BCUT2D eigenvalue weighted by Crippen LogP contribution is 2.26. The Bertz CT molecular complexity index is 1440. The van der Waals surface area contributed by atoms with E-state index in [1.54, 1.807) is 27.6 Å². The fourth-order valence-corrected chi connectivity index (χ4v) is 4.31. The van der Waals surface area contributed by atoms with Crippen LogP contribution < -0.4 is 16.2 Å². The molecule has 0 saturated carbocycles. The van der Waals surface area contributed by atoms with Crippen molar-refractivity contribution in [3.63, 3.8) is 0 Å². The van der Waals surface area contributed by atoms with Gasteiger partial charge in [0.05, 0.1) is 5.69 Å². The molecule has 0 unspecified atom stereocenters. The summed E-state index contributed by atoms with van der Waals surface area (Å²) in [6.07, 6.45) is 2.54. The zero-order valence-corrected chi connectivity index (χ0v) is 22.2. The molecule has 0 radical (unpaired) electrons. The first-order valence-corrected chi connectivity index (χ1v) is 11.5. The van der Waals surface area contributed by atoms with Crippen molar-refractivity contribution in [1.82, 2.24) is 29.6 Å². The van der Waals surface area contributed by atoms with E-state index < -0.39 is 5.67 Å². The molecule has 0 fully saturated rings. The molecule has 3 aromatic heterocycles. The van der Waals surface area contributed by atoms with Crippen LogP contribution in [0, 0.1) is 0 Å². The third-order valence-electron chi connectivity index (χ3n) is 6.02. The van der Waals surface area contributed by atoms with Crippen molar-refractivity contribution in [2.45, 2.75) is 52.4 Å². The SMILES string of the molecule is CC(C)n1c(=O)c2cnc(Nc3ccc4c(c3)CNCC4)nc2n1-c1cccc(C(C)(C)F)n1.Cl.Cl. The molecule has 0 aliphatic carbocycles. The molecule has 36 heavy (non-hydrogen) atoms. The fraction of sp³-hybridized carbons (Fsp3) is 0.360. The summed E-state index contributed by atoms with van der Waals surface area (Å²) >= 11 is 0. The van der Waals surface area contributed by atoms with Gasteiger partial charge in [0.15, 0.2) is 11.5 Å². The van der Waals surface area contributed by atoms with Crippen molar-refractivity contribution in [2.75, 3.05) is 11.9 Å². The second-order valence-electron chi connectivity index (χ2n) is 9.37. The average molecular weight is 534 g/mol. The van der Waals surface area contributed by atoms with Gasteiger partial charge >= 0.3 is 0 Å². The van der Waals surface area contributed by atoms with E-state index in [1.165, 1.54) is 31.2 Å². The molecular formula is C25H30Cl2FN7O. The zero-order valence-electron chi connectivity index (χ0n) is 20.6. The van der Waals surface area contributed by atoms with Crippen LogP contribution in [0.15, 0.2) is 47.4 Å². The summed E-state index contributed by atoms with van der Waals surface area (Å²) in [6.45, 7) is 8.55. The Hall–Kier alpha value is -3.01. The molecule has 0 atom stereocenters. The third kappa shape index (κ3) is 5.09. The lowest BCUT2D eigenvalue weighted by atomic mass is 10.0. The van der Waals surface area contributed by atoms with Crippen LogP contribution in [0.1, 0.15) is 50.6 Å². The molecule has 0 amide bonds. The maximum Gasteiger partial charge on any atom is 0.278 e. The maximum atomic E-state index is 14.6. The van der Waals surface area contributed by atoms with Gasteiger partial charge < -0.3 is 10.6 Å². The smallest absolute Gasteiger partial charge is 0.278 e. The summed E-state index contributed by atoms with van der Waals surface area (Å²) in [5.74, 6) is 0.793. The number of anilines is 2. The second kappa shape index (κ2) is 10.5. The maximum absolute atomic E-state index is 14.6. The van der Waals surface area contributed by atoms with E-state index in [4.69, 9.17) is 0 Å². The molecule has 4 heterocycles. The van der Waals surface area contributed by atoms with Crippen molar-refractivity contribution in [3.05, 3.63) is 69.8 Å². The summed E-state index contributed by atoms with van der Waals surface area (Å²) in [5.41, 5.74) is 2.31. The first-order chi connectivity index (χ1) is 16.2. The Morgan fingerprint density at radius 3 is 2.61 bits per heavy atom. The number of fused-ring (bicyclic) bond motifs is 2. The van der Waals surface area contributed by atoms with Crippen LogP contribution >= 0.6 is 24.8 Å². The molecule has 11 heteroatoms. The number of benzene rings is 1. The van der Waals surface area contributed by atoms with Gasteiger partial charge in [-0.05, 0) is 76.1 Å². The molecular weight excluding hydrogens is 504 g/mol. The van der Waals surface area contributed by atoms with E-state index in [-0.39, 0.29) is 42.1 Å². The predicted octanol–water partition coefficient (Wildman–Crippen LogP) is 5.00. The van der Waals surface area contributed by atoms with Crippen molar-refractivity contribution < 1.29 is 4.39 Å². The molecule has 0 bridgehead atoms. The summed E-state index contributed by atoms with van der Waals surface area (Å²) in [5, 5.41) is 7.02. The minimum atomic E-state index is -1.62. The van der Waals surface area contributed by atoms with Crippen LogP contribution in [0.3, 0.4) is 0 Å². The Kier molecular flexibility index (Phi) is 8.07. The topological polar surface area (TPSA) is 89.7 Å². The van der Waals surface area contributed by atoms with E-state index in [1.807, 2.05) is 19.9 Å². The van der Waals surface area contributed by atoms with Crippen LogP contribution in [0.2, 0.25) is 0 Å². The van der Waals surface area contributed by atoms with Crippen LogP contribution in [0.4, 0.5) is 16.0 Å². The largest absolute Gasteiger partial charge is 0.324 e. The lowest BCUT2D eigenvalue weighted by Gasteiger charge is -2.18. The van der Waals surface area contributed by atoms with Gasteiger partial charge in [0.1, 0.15) is 11.1 Å². The Labute approximate surface area is 221 Å². The van der Waals surface area contributed by atoms with E-state index in [0.29, 0.717) is 22.8 Å². The highest BCUT2D eigenvalue weighted by atomic mass is 35.5. The van der Waals surface area contributed by atoms with E-state index in [0.717, 1.165) is 25.2 Å². The van der Waals surface area contributed by atoms with Gasteiger partial charge in [-0.3, -0.25) is 4.79 Å². The molecule has 1 aromatic carbocycles. The van der Waals surface area contributed by atoms with Gasteiger partial charge in [-0.1, -0.05) is 12.1 Å². The van der Waals surface area contributed by atoms with Crippen LogP contribution in [0.5, 0.6) is 0 Å². The van der Waals surface area contributed by atoms with Gasteiger partial charge in [0, 0.05) is 24.5 Å². The number of nitrogens with zero attached hydrogens (tertiary/aromatic N) is 5. The molecule has 1 aliphatic rings. The number of alkyl halides is 1. The molecule has 2 N–H and O–H groups in total. The van der Waals surface area contributed by atoms with Crippen LogP contribution in [0.25, 0.3) is 16.9 Å². The lowest BCUT2D eigenvalue weighted by molar-refractivity contribution is 0.214. The quantitative estimate of drug-likeness (QED) is 0.375. The Morgan fingerprint density at radius 1 is 1.11 bits per heavy atom. The molecule has 5 rings (SSSR count). The number of aromatic nitrogens is 5. The molecule has 8 nitrogen and oxygen atoms in total. The third-order valence-corrected chi connectivity index (χ3v) is 6.02. The highest BCUT2D eigenvalue weighted by Gasteiger charge is 2.24. The standard InChI is InChI=1S/C25H28FN7O.2ClH/c1-15(2)32-23(34)19-14-28-24(29-18-9-8-16-10-11-27-13-17(16)12-18)31-22(19)33(32)21-7-5-6-20(30-21)25(3,4)26;;/h5-9,12,14-15,27H,10-11,13H2,1-4H3,(H,28,29,31);2*1H. The van der Waals surface area contributed by atoms with Gasteiger partial charge in [-0.2, -0.15) is 4.98 Å². The summed E-state index contributed by atoms with van der Waals surface area (Å²) < 4.78 is 17.9. The summed E-state index contributed by atoms with van der Waals surface area (Å²) in [7, 11) is 0. The zero-order chi connectivity index (χ0) is 24.0. The van der Waals surface area contributed by atoms with Crippen LogP contribution in [-0.4, -0.2) is 30.9 Å². The molecule has 4 aromatic rings. The van der Waals surface area contributed by atoms with Crippen LogP contribution in [-0.2, 0) is 18.6 Å². The lowest BCUT2D eigenvalue weighted by Crippen LogP contribution is -2.25. The molecule has 0 saturated heterocycles. The monoisotopic (exact) mass is 533 g/mol. The number of hydrogen-bond donors (Lipinski definition) is 2. The van der Waals surface area contributed by atoms with Crippen molar-refractivity contribution in [3.8, 4) is 5.82 Å². The van der Waals surface area contributed by atoms with Gasteiger partial charge in [-0.15, -0.1) is 24.8 Å². The second-order valence-corrected chi connectivity index (χ2v) is 9.37. The highest BCUT2D eigenvalue weighted by molar-refractivity contribution is 5.85. The minimum Gasteiger partial charge on any atom is -0.324 e. The van der Waals surface area contributed by atoms with E-state index >= 15 is 0 Å². The number of hydrogen-bond acceptors (Lipinski definition) is 6. The Morgan fingerprint density at radius 2 is 1.89 bits per heavy atom. The van der Waals surface area contributed by atoms with Gasteiger partial charge in [0.25, 0.3) is 5.56 Å². The minimum absolute atomic E-state index is 0. The molecule has 192 valence electrons. The van der Waals surface area contributed by atoms with Gasteiger partial charge in [-0.25, -0.2) is 23.7 Å². The van der Waals surface area contributed by atoms with Gasteiger partial charge in [0.2, 0.25) is 5.95 Å². The number of rotatable bonds is 5. The normalized spacial score (nSPS) is 13.2. The van der Waals surface area contributed by atoms with Crippen molar-refractivity contribution >= 4 is 47.5 Å². The molecule has 0 spiro atoms. The molecule has 1 aliphatic heterocycles. The first kappa shape index (κ1) is 27.6. The number of pyridine rings is 1. The average Bonchev–Trinajstić information content (AvgIpc) is 3.10. The van der Waals surface area contributed by atoms with Crippen molar-refractivity contribution in [1.29, 1.82) is 0 Å². The van der Waals surface area contributed by atoms with Crippen molar-refractivity contribution in [2.24, 2.45) is 0 Å². The number of nitrogens with one attached hydrogen (secondary N) is 2. The summed E-state index contributed by atoms with van der Waals surface area (Å²) in [6, 6.07) is 11.2.